The van der Waals surface area contributed by atoms with Gasteiger partial charge in [0.15, 0.2) is 5.82 Å². The normalized spacial score (nSPS) is 10.4. The molecule has 0 atom stereocenters. The van der Waals surface area contributed by atoms with Gasteiger partial charge < -0.3 is 10.2 Å². The van der Waals surface area contributed by atoms with Crippen molar-refractivity contribution in [3.8, 4) is 11.6 Å². The molecule has 0 saturated carbocycles. The fourth-order valence-electron chi connectivity index (χ4n) is 1.53. The Bertz CT molecular complexity index is 536. The predicted octanol–water partition coefficient (Wildman–Crippen LogP) is -0.0317. The highest BCUT2D eigenvalue weighted by Crippen LogP contribution is 2.26. The highest BCUT2D eigenvalue weighted by atomic mass is 16.5. The molecule has 0 aliphatic heterocycles. The van der Waals surface area contributed by atoms with E-state index in [4.69, 9.17) is 10.6 Å². The van der Waals surface area contributed by atoms with Gasteiger partial charge in [-0.25, -0.2) is 20.8 Å². The molecule has 0 saturated heterocycles. The number of aromatic nitrogens is 5. The number of nitrogens with two attached hydrogens (primary N) is 1. The first kappa shape index (κ1) is 11.3. The second kappa shape index (κ2) is 4.34. The summed E-state index contributed by atoms with van der Waals surface area (Å²) in [5.74, 6) is 8.03. The molecule has 90 valence electrons. The van der Waals surface area contributed by atoms with Gasteiger partial charge in [0.25, 0.3) is 0 Å². The number of methoxy groups -OCH3 is 1. The Hall–Kier alpha value is -2.22. The van der Waals surface area contributed by atoms with Gasteiger partial charge in [-0.15, -0.1) is 5.10 Å². The zero-order chi connectivity index (χ0) is 12.4. The van der Waals surface area contributed by atoms with Crippen LogP contribution in [0.5, 0.6) is 5.75 Å². The third kappa shape index (κ3) is 1.89. The number of aryl methyl sites for hydroxylation is 2. The van der Waals surface area contributed by atoms with E-state index in [1.54, 1.807) is 11.6 Å². The number of anilines is 1. The molecule has 2 rings (SSSR count). The molecule has 0 radical (unpaired) electrons. The van der Waals surface area contributed by atoms with E-state index < -0.39 is 0 Å². The Morgan fingerprint density at radius 1 is 1.35 bits per heavy atom. The van der Waals surface area contributed by atoms with Crippen molar-refractivity contribution >= 4 is 5.82 Å². The largest absolute Gasteiger partial charge is 0.490 e. The van der Waals surface area contributed by atoms with E-state index in [-0.39, 0.29) is 0 Å². The summed E-state index contributed by atoms with van der Waals surface area (Å²) in [5, 5.41) is 4.23. The van der Waals surface area contributed by atoms with Crippen LogP contribution in [0.25, 0.3) is 5.82 Å². The second-order valence-electron chi connectivity index (χ2n) is 3.34. The fourth-order valence-corrected chi connectivity index (χ4v) is 1.53. The summed E-state index contributed by atoms with van der Waals surface area (Å²) in [6.07, 6.45) is 1.38. The van der Waals surface area contributed by atoms with E-state index in [1.165, 1.54) is 13.4 Å². The molecule has 0 aliphatic rings. The van der Waals surface area contributed by atoms with Gasteiger partial charge in [0.2, 0.25) is 11.6 Å². The van der Waals surface area contributed by atoms with Gasteiger partial charge in [-0.05, 0) is 13.8 Å². The lowest BCUT2D eigenvalue weighted by Gasteiger charge is -2.10. The number of nitrogens with zero attached hydrogens (tertiary/aromatic N) is 5. The molecule has 3 N–H and O–H groups in total. The summed E-state index contributed by atoms with van der Waals surface area (Å²) in [4.78, 5) is 12.3. The third-order valence-corrected chi connectivity index (χ3v) is 2.20. The van der Waals surface area contributed by atoms with Gasteiger partial charge in [-0.1, -0.05) is 0 Å². The van der Waals surface area contributed by atoms with Crippen molar-refractivity contribution in [2.75, 3.05) is 12.5 Å². The van der Waals surface area contributed by atoms with Crippen LogP contribution in [0.2, 0.25) is 0 Å². The molecule has 0 fully saturated rings. The highest BCUT2D eigenvalue weighted by Gasteiger charge is 2.16. The minimum Gasteiger partial charge on any atom is -0.490 e. The lowest BCUT2D eigenvalue weighted by atomic mass is 10.4. The molecule has 17 heavy (non-hydrogen) atoms. The lowest BCUT2D eigenvalue weighted by molar-refractivity contribution is 0.408. The Balaban J connectivity index is 2.62. The maximum atomic E-state index is 5.35. The minimum atomic E-state index is 0.394. The molecule has 0 aliphatic carbocycles. The summed E-state index contributed by atoms with van der Waals surface area (Å²) in [6, 6.07) is 0. The SMILES string of the molecule is COc1c(NN)ncnc1-n1nc(C)nc1C. The van der Waals surface area contributed by atoms with E-state index in [0.29, 0.717) is 29.0 Å². The van der Waals surface area contributed by atoms with Crippen molar-refractivity contribution in [2.24, 2.45) is 5.84 Å². The van der Waals surface area contributed by atoms with E-state index in [2.05, 4.69) is 25.5 Å². The molecule has 0 bridgehead atoms. The standard InChI is InChI=1S/C9H13N7O/c1-5-13-6(2)16(15-5)9-7(17-3)8(14-10)11-4-12-9/h4H,10H2,1-3H3,(H,11,12,14). The summed E-state index contributed by atoms with van der Waals surface area (Å²) in [5.41, 5.74) is 2.45. The zero-order valence-electron chi connectivity index (χ0n) is 9.80. The van der Waals surface area contributed by atoms with Gasteiger partial charge in [-0.3, -0.25) is 0 Å². The number of nitrogens with one attached hydrogen (secondary N) is 1. The van der Waals surface area contributed by atoms with E-state index >= 15 is 0 Å². The molecule has 2 heterocycles. The molecule has 2 aromatic heterocycles. The molecular weight excluding hydrogens is 222 g/mol. The quantitative estimate of drug-likeness (QED) is 0.568. The van der Waals surface area contributed by atoms with Crippen molar-refractivity contribution in [3.63, 3.8) is 0 Å². The van der Waals surface area contributed by atoms with Crippen LogP contribution in [-0.4, -0.2) is 31.8 Å². The molecule has 8 nitrogen and oxygen atoms in total. The zero-order valence-corrected chi connectivity index (χ0v) is 9.80. The van der Waals surface area contributed by atoms with Gasteiger partial charge in [0.05, 0.1) is 7.11 Å². The van der Waals surface area contributed by atoms with Gasteiger partial charge in [0.1, 0.15) is 18.0 Å². The van der Waals surface area contributed by atoms with Crippen molar-refractivity contribution in [3.05, 3.63) is 18.0 Å². The number of hydrogen-bond donors (Lipinski definition) is 2. The summed E-state index contributed by atoms with van der Waals surface area (Å²) in [6.45, 7) is 3.64. The molecular formula is C9H13N7O. The van der Waals surface area contributed by atoms with Crippen molar-refractivity contribution in [2.45, 2.75) is 13.8 Å². The lowest BCUT2D eigenvalue weighted by Crippen LogP contribution is -2.13. The first-order valence-corrected chi connectivity index (χ1v) is 4.93. The number of ether oxygens (including phenoxy) is 1. The number of nitrogen functional groups attached to an aromatic ring is 1. The summed E-state index contributed by atoms with van der Waals surface area (Å²) < 4.78 is 6.81. The van der Waals surface area contributed by atoms with Gasteiger partial charge >= 0.3 is 0 Å². The third-order valence-electron chi connectivity index (χ3n) is 2.20. The number of hydrogen-bond acceptors (Lipinski definition) is 7. The molecule has 0 amide bonds. The van der Waals surface area contributed by atoms with Crippen molar-refractivity contribution in [1.29, 1.82) is 0 Å². The Labute approximate surface area is 97.8 Å². The molecule has 8 heteroatoms. The van der Waals surface area contributed by atoms with Crippen LogP contribution in [0.4, 0.5) is 5.82 Å². The van der Waals surface area contributed by atoms with Gasteiger partial charge in [-0.2, -0.15) is 4.68 Å². The molecule has 2 aromatic rings. The van der Waals surface area contributed by atoms with Crippen LogP contribution in [0.3, 0.4) is 0 Å². The molecule has 0 unspecified atom stereocenters. The fraction of sp³-hybridized carbons (Fsp3) is 0.333. The van der Waals surface area contributed by atoms with Crippen molar-refractivity contribution < 1.29 is 4.74 Å². The Kier molecular flexibility index (Phi) is 2.88. The van der Waals surface area contributed by atoms with Crippen LogP contribution >= 0.6 is 0 Å². The van der Waals surface area contributed by atoms with Crippen LogP contribution < -0.4 is 16.0 Å². The maximum Gasteiger partial charge on any atom is 0.207 e. The Morgan fingerprint density at radius 2 is 2.12 bits per heavy atom. The average Bonchev–Trinajstić information content (AvgIpc) is 2.67. The van der Waals surface area contributed by atoms with Gasteiger partial charge in [0, 0.05) is 0 Å². The topological polar surface area (TPSA) is 104 Å². The van der Waals surface area contributed by atoms with Crippen LogP contribution in [-0.2, 0) is 0 Å². The summed E-state index contributed by atoms with van der Waals surface area (Å²) in [7, 11) is 1.52. The van der Waals surface area contributed by atoms with Crippen LogP contribution in [0.15, 0.2) is 6.33 Å². The van der Waals surface area contributed by atoms with Crippen LogP contribution in [0, 0.1) is 13.8 Å². The van der Waals surface area contributed by atoms with E-state index in [9.17, 15) is 0 Å². The molecule has 0 aromatic carbocycles. The number of hydrazine groups is 1. The Morgan fingerprint density at radius 3 is 2.65 bits per heavy atom. The first-order chi connectivity index (χ1) is 8.17. The highest BCUT2D eigenvalue weighted by molar-refractivity contribution is 5.57. The maximum absolute atomic E-state index is 5.35. The predicted molar refractivity (Wildman–Crippen MR) is 60.8 cm³/mol. The van der Waals surface area contributed by atoms with Crippen molar-refractivity contribution in [1.82, 2.24) is 24.7 Å². The first-order valence-electron chi connectivity index (χ1n) is 4.93. The van der Waals surface area contributed by atoms with E-state index in [1.807, 2.05) is 6.92 Å². The van der Waals surface area contributed by atoms with Crippen LogP contribution in [0.1, 0.15) is 11.6 Å². The molecule has 0 spiro atoms. The average molecular weight is 235 g/mol. The number of rotatable bonds is 3. The smallest absolute Gasteiger partial charge is 0.207 e. The summed E-state index contributed by atoms with van der Waals surface area (Å²) >= 11 is 0. The van der Waals surface area contributed by atoms with E-state index in [0.717, 1.165) is 0 Å². The monoisotopic (exact) mass is 235 g/mol. The minimum absolute atomic E-state index is 0.394. The second-order valence-corrected chi connectivity index (χ2v) is 3.34.